The van der Waals surface area contributed by atoms with E-state index < -0.39 is 6.16 Å². The number of halogens is 1. The Kier molecular flexibility index (Phi) is 4.41. The quantitative estimate of drug-likeness (QED) is 0.468. The highest BCUT2D eigenvalue weighted by molar-refractivity contribution is 6.31. The van der Waals surface area contributed by atoms with Crippen LogP contribution in [0.5, 0.6) is 5.88 Å². The molecule has 0 aliphatic heterocycles. The normalized spacial score (nSPS) is 11.1. The highest BCUT2D eigenvalue weighted by Crippen LogP contribution is 2.36. The predicted molar refractivity (Wildman–Crippen MR) is 104 cm³/mol. The number of carbonyl (C=O) groups is 1. The zero-order valence-corrected chi connectivity index (χ0v) is 15.5. The van der Waals surface area contributed by atoms with E-state index in [1.165, 1.54) is 0 Å². The van der Waals surface area contributed by atoms with Gasteiger partial charge in [0.05, 0.1) is 17.5 Å². The lowest BCUT2D eigenvalue weighted by Gasteiger charge is -2.08. The number of aromatic nitrogens is 3. The topological polar surface area (TPSA) is 66.2 Å². The first kappa shape index (κ1) is 17.3. The first-order chi connectivity index (χ1) is 13.1. The Morgan fingerprint density at radius 3 is 2.67 bits per heavy atom. The fraction of sp³-hybridized carbons (Fsp3) is 0.150. The number of fused-ring (bicyclic) bond motifs is 3. The van der Waals surface area contributed by atoms with Crippen molar-refractivity contribution in [2.45, 2.75) is 6.92 Å². The van der Waals surface area contributed by atoms with Crippen LogP contribution in [0.1, 0.15) is 6.92 Å². The van der Waals surface area contributed by atoms with Gasteiger partial charge in [-0.1, -0.05) is 48.0 Å². The number of ether oxygens (including phenoxy) is 2. The van der Waals surface area contributed by atoms with E-state index in [-0.39, 0.29) is 12.5 Å². The number of carbonyl (C=O) groups excluding carboxylic acids is 1. The van der Waals surface area contributed by atoms with Crippen LogP contribution >= 0.6 is 11.6 Å². The van der Waals surface area contributed by atoms with Crippen molar-refractivity contribution in [3.63, 3.8) is 0 Å². The molecule has 0 bridgehead atoms. The Hall–Kier alpha value is -3.12. The van der Waals surface area contributed by atoms with Gasteiger partial charge in [-0.2, -0.15) is 4.98 Å². The molecule has 2 aromatic heterocycles. The lowest BCUT2D eigenvalue weighted by atomic mass is 10.2. The van der Waals surface area contributed by atoms with Crippen molar-refractivity contribution >= 4 is 39.7 Å². The van der Waals surface area contributed by atoms with Gasteiger partial charge in [-0.05, 0) is 19.1 Å². The second-order valence-electron chi connectivity index (χ2n) is 5.92. The molecule has 0 aliphatic rings. The molecule has 136 valence electrons. The minimum Gasteiger partial charge on any atom is -0.434 e. The number of rotatable bonds is 3. The summed E-state index contributed by atoms with van der Waals surface area (Å²) in [6.07, 6.45) is -0.803. The summed E-state index contributed by atoms with van der Waals surface area (Å²) in [5.74, 6) is 0.615. The van der Waals surface area contributed by atoms with Gasteiger partial charge in [-0.3, -0.25) is 0 Å². The van der Waals surface area contributed by atoms with Gasteiger partial charge in [0.2, 0.25) is 5.88 Å². The third kappa shape index (κ3) is 3.08. The SMILES string of the molecule is CCOC(=O)Oc1nc(-c2ccccc2)nc2c1c1ccc(Cl)cc1n2C. The molecule has 6 nitrogen and oxygen atoms in total. The molecule has 0 radical (unpaired) electrons. The van der Waals surface area contributed by atoms with Gasteiger partial charge in [-0.25, -0.2) is 9.78 Å². The van der Waals surface area contributed by atoms with Crippen molar-refractivity contribution in [1.29, 1.82) is 0 Å². The van der Waals surface area contributed by atoms with Crippen molar-refractivity contribution in [3.05, 3.63) is 53.6 Å². The highest BCUT2D eigenvalue weighted by atomic mass is 35.5. The molecule has 4 aromatic rings. The van der Waals surface area contributed by atoms with Crippen molar-refractivity contribution < 1.29 is 14.3 Å². The maximum Gasteiger partial charge on any atom is 0.515 e. The Morgan fingerprint density at radius 1 is 1.15 bits per heavy atom. The summed E-state index contributed by atoms with van der Waals surface area (Å²) in [6.45, 7) is 1.93. The highest BCUT2D eigenvalue weighted by Gasteiger charge is 2.20. The molecule has 4 rings (SSSR count). The molecule has 0 N–H and O–H groups in total. The van der Waals surface area contributed by atoms with E-state index in [1.54, 1.807) is 13.0 Å². The first-order valence-electron chi connectivity index (χ1n) is 8.44. The van der Waals surface area contributed by atoms with E-state index in [4.69, 9.17) is 26.1 Å². The van der Waals surface area contributed by atoms with E-state index in [1.807, 2.05) is 54.1 Å². The third-order valence-corrected chi connectivity index (χ3v) is 4.47. The van der Waals surface area contributed by atoms with Crippen LogP contribution in [0.4, 0.5) is 4.79 Å². The maximum absolute atomic E-state index is 12.0. The van der Waals surface area contributed by atoms with Crippen LogP contribution in [0.15, 0.2) is 48.5 Å². The molecular formula is C20H16ClN3O3. The van der Waals surface area contributed by atoms with Gasteiger partial charge in [0, 0.05) is 23.0 Å². The fourth-order valence-electron chi connectivity index (χ4n) is 3.03. The summed E-state index contributed by atoms with van der Waals surface area (Å²) in [7, 11) is 1.89. The molecule has 0 atom stereocenters. The fourth-order valence-corrected chi connectivity index (χ4v) is 3.20. The van der Waals surface area contributed by atoms with E-state index in [2.05, 4.69) is 4.98 Å². The standard InChI is InChI=1S/C20H16ClN3O3/c1-3-26-20(25)27-19-16-14-10-9-13(21)11-15(14)24(2)18(16)22-17(23-19)12-7-5-4-6-8-12/h4-11H,3H2,1-2H3. The smallest absolute Gasteiger partial charge is 0.434 e. The zero-order valence-electron chi connectivity index (χ0n) is 14.8. The number of nitrogens with zero attached hydrogens (tertiary/aromatic N) is 3. The van der Waals surface area contributed by atoms with E-state index >= 15 is 0 Å². The average Bonchev–Trinajstić information content (AvgIpc) is 2.95. The average molecular weight is 382 g/mol. The van der Waals surface area contributed by atoms with Crippen molar-refractivity contribution in [2.24, 2.45) is 7.05 Å². The number of benzene rings is 2. The number of hydrogen-bond donors (Lipinski definition) is 0. The molecule has 2 aromatic carbocycles. The molecule has 0 spiro atoms. The van der Waals surface area contributed by atoms with Crippen molar-refractivity contribution in [3.8, 4) is 17.3 Å². The lowest BCUT2D eigenvalue weighted by molar-refractivity contribution is 0.103. The van der Waals surface area contributed by atoms with Crippen molar-refractivity contribution in [1.82, 2.24) is 14.5 Å². The van der Waals surface area contributed by atoms with E-state index in [9.17, 15) is 4.79 Å². The van der Waals surface area contributed by atoms with Gasteiger partial charge < -0.3 is 14.0 Å². The third-order valence-electron chi connectivity index (χ3n) is 4.24. The van der Waals surface area contributed by atoms with Crippen LogP contribution < -0.4 is 4.74 Å². The lowest BCUT2D eigenvalue weighted by Crippen LogP contribution is -2.12. The molecule has 0 saturated carbocycles. The molecular weight excluding hydrogens is 366 g/mol. The van der Waals surface area contributed by atoms with Crippen molar-refractivity contribution in [2.75, 3.05) is 6.61 Å². The maximum atomic E-state index is 12.0. The van der Waals surface area contributed by atoms with Crippen LogP contribution in [0.2, 0.25) is 5.02 Å². The molecule has 0 saturated heterocycles. The Morgan fingerprint density at radius 2 is 1.93 bits per heavy atom. The monoisotopic (exact) mass is 381 g/mol. The molecule has 0 aliphatic carbocycles. The first-order valence-corrected chi connectivity index (χ1v) is 8.82. The predicted octanol–water partition coefficient (Wildman–Crippen LogP) is 4.98. The number of aryl methyl sites for hydroxylation is 1. The Labute approximate surface area is 160 Å². The molecule has 0 unspecified atom stereocenters. The molecule has 2 heterocycles. The van der Waals surface area contributed by atoms with Gasteiger partial charge in [-0.15, -0.1) is 0 Å². The van der Waals surface area contributed by atoms with Crippen LogP contribution in [0.25, 0.3) is 33.3 Å². The largest absolute Gasteiger partial charge is 0.515 e. The summed E-state index contributed by atoms with van der Waals surface area (Å²) in [6, 6.07) is 15.0. The summed E-state index contributed by atoms with van der Waals surface area (Å²) in [4.78, 5) is 21.2. The van der Waals surface area contributed by atoms with Crippen LogP contribution in [-0.2, 0) is 11.8 Å². The Balaban J connectivity index is 2.02. The summed E-state index contributed by atoms with van der Waals surface area (Å²) < 4.78 is 12.3. The molecule has 0 amide bonds. The molecule has 0 fully saturated rings. The van der Waals surface area contributed by atoms with Gasteiger partial charge in [0.25, 0.3) is 0 Å². The van der Waals surface area contributed by atoms with Gasteiger partial charge in [0.1, 0.15) is 5.65 Å². The zero-order chi connectivity index (χ0) is 19.0. The Bertz CT molecular complexity index is 1160. The summed E-state index contributed by atoms with van der Waals surface area (Å²) in [5.41, 5.74) is 2.32. The van der Waals surface area contributed by atoms with E-state index in [0.29, 0.717) is 21.9 Å². The minimum absolute atomic E-state index is 0.158. The van der Waals surface area contributed by atoms with Crippen LogP contribution in [-0.4, -0.2) is 27.3 Å². The molecule has 7 heteroatoms. The van der Waals surface area contributed by atoms with Crippen LogP contribution in [0.3, 0.4) is 0 Å². The number of hydrogen-bond acceptors (Lipinski definition) is 5. The van der Waals surface area contributed by atoms with Gasteiger partial charge in [0.15, 0.2) is 5.82 Å². The molecule has 27 heavy (non-hydrogen) atoms. The second-order valence-corrected chi connectivity index (χ2v) is 6.36. The van der Waals surface area contributed by atoms with E-state index in [0.717, 1.165) is 16.5 Å². The van der Waals surface area contributed by atoms with Crippen LogP contribution in [0, 0.1) is 0 Å². The van der Waals surface area contributed by atoms with Gasteiger partial charge >= 0.3 is 6.16 Å². The minimum atomic E-state index is -0.803. The summed E-state index contributed by atoms with van der Waals surface area (Å²) in [5, 5.41) is 2.09. The second kappa shape index (κ2) is 6.89. The summed E-state index contributed by atoms with van der Waals surface area (Å²) >= 11 is 6.16.